The summed E-state index contributed by atoms with van der Waals surface area (Å²) in [6.45, 7) is 11.9. The van der Waals surface area contributed by atoms with E-state index in [2.05, 4.69) is 12.2 Å². The molecule has 1 rings (SSSR count). The van der Waals surface area contributed by atoms with Gasteiger partial charge in [-0.25, -0.2) is 0 Å². The zero-order valence-corrected chi connectivity index (χ0v) is 12.1. The molecule has 2 N–H and O–H groups in total. The summed E-state index contributed by atoms with van der Waals surface area (Å²) >= 11 is 0. The fourth-order valence-electron chi connectivity index (χ4n) is 2.18. The lowest BCUT2D eigenvalue weighted by atomic mass is 9.89. The zero-order chi connectivity index (χ0) is 14.0. The lowest BCUT2D eigenvalue weighted by Crippen LogP contribution is -2.36. The molecule has 18 heavy (non-hydrogen) atoms. The van der Waals surface area contributed by atoms with E-state index >= 15 is 0 Å². The van der Waals surface area contributed by atoms with Gasteiger partial charge in [-0.15, -0.1) is 0 Å². The summed E-state index contributed by atoms with van der Waals surface area (Å²) in [6.07, 6.45) is 0. The summed E-state index contributed by atoms with van der Waals surface area (Å²) in [5.74, 6) is -0.0993. The Morgan fingerprint density at radius 2 is 1.39 bits per heavy atom. The van der Waals surface area contributed by atoms with Crippen molar-refractivity contribution < 1.29 is 9.90 Å². The van der Waals surface area contributed by atoms with Gasteiger partial charge in [-0.3, -0.25) is 4.79 Å². The van der Waals surface area contributed by atoms with Crippen molar-refractivity contribution in [3.05, 3.63) is 33.4 Å². The molecule has 3 heteroatoms. The average Bonchev–Trinajstić information content (AvgIpc) is 2.34. The SMILES string of the molecule is Cc1c(C)c(C)c(C(=O)N[C@H](C)CO)c(C)c1C. The molecule has 0 fully saturated rings. The van der Waals surface area contributed by atoms with Gasteiger partial charge in [0.05, 0.1) is 6.61 Å². The van der Waals surface area contributed by atoms with Crippen molar-refractivity contribution in [3.8, 4) is 0 Å². The third-order valence-corrected chi connectivity index (χ3v) is 3.88. The number of hydrogen-bond donors (Lipinski definition) is 2. The molecule has 0 saturated heterocycles. The van der Waals surface area contributed by atoms with Gasteiger partial charge in [-0.2, -0.15) is 0 Å². The van der Waals surface area contributed by atoms with Gasteiger partial charge in [-0.05, 0) is 69.4 Å². The normalized spacial score (nSPS) is 12.4. The lowest BCUT2D eigenvalue weighted by molar-refractivity contribution is 0.0921. The second kappa shape index (κ2) is 5.53. The molecule has 0 heterocycles. The Hall–Kier alpha value is -1.35. The molecule has 1 amide bonds. The maximum absolute atomic E-state index is 12.2. The molecule has 3 nitrogen and oxygen atoms in total. The smallest absolute Gasteiger partial charge is 0.252 e. The first kappa shape index (κ1) is 14.7. The summed E-state index contributed by atoms with van der Waals surface area (Å²) in [5.41, 5.74) is 6.38. The van der Waals surface area contributed by atoms with Gasteiger partial charge in [-0.1, -0.05) is 0 Å². The molecular weight excluding hydrogens is 226 g/mol. The monoisotopic (exact) mass is 249 g/mol. The summed E-state index contributed by atoms with van der Waals surface area (Å²) in [5, 5.41) is 11.8. The Bertz CT molecular complexity index is 449. The van der Waals surface area contributed by atoms with E-state index in [4.69, 9.17) is 5.11 Å². The van der Waals surface area contributed by atoms with Crippen LogP contribution in [0.1, 0.15) is 45.1 Å². The molecule has 0 bridgehead atoms. The molecular formula is C15H23NO2. The molecule has 1 aromatic rings. The Morgan fingerprint density at radius 1 is 1.00 bits per heavy atom. The predicted molar refractivity (Wildman–Crippen MR) is 74.1 cm³/mol. The Kier molecular flexibility index (Phi) is 4.52. The molecule has 0 unspecified atom stereocenters. The van der Waals surface area contributed by atoms with Gasteiger partial charge in [0.2, 0.25) is 0 Å². The summed E-state index contributed by atoms with van der Waals surface area (Å²) in [7, 11) is 0. The van der Waals surface area contributed by atoms with Crippen molar-refractivity contribution in [1.82, 2.24) is 5.32 Å². The van der Waals surface area contributed by atoms with Crippen LogP contribution in [0, 0.1) is 34.6 Å². The minimum atomic E-state index is -0.224. The van der Waals surface area contributed by atoms with E-state index in [9.17, 15) is 4.79 Å². The fourth-order valence-corrected chi connectivity index (χ4v) is 2.18. The number of benzene rings is 1. The van der Waals surface area contributed by atoms with Crippen molar-refractivity contribution in [2.24, 2.45) is 0 Å². The Balaban J connectivity index is 3.29. The van der Waals surface area contributed by atoms with Gasteiger partial charge in [0.1, 0.15) is 0 Å². The molecule has 0 spiro atoms. The van der Waals surface area contributed by atoms with Crippen LogP contribution < -0.4 is 5.32 Å². The Labute approximate surface area is 109 Å². The van der Waals surface area contributed by atoms with E-state index in [1.807, 2.05) is 27.7 Å². The molecule has 1 atom stereocenters. The van der Waals surface area contributed by atoms with Crippen LogP contribution in [0.2, 0.25) is 0 Å². The van der Waals surface area contributed by atoms with Crippen LogP contribution in [0.4, 0.5) is 0 Å². The second-order valence-corrected chi connectivity index (χ2v) is 5.06. The first-order chi connectivity index (χ1) is 8.31. The summed E-state index contributed by atoms with van der Waals surface area (Å²) in [4.78, 5) is 12.2. The molecule has 0 aliphatic carbocycles. The molecule has 0 aliphatic heterocycles. The predicted octanol–water partition coefficient (Wildman–Crippen LogP) is 2.34. The number of amides is 1. The number of carbonyl (C=O) groups excluding carboxylic acids is 1. The molecule has 100 valence electrons. The molecule has 1 aromatic carbocycles. The minimum absolute atomic E-state index is 0.0480. The van der Waals surface area contributed by atoms with E-state index in [0.717, 1.165) is 16.7 Å². The van der Waals surface area contributed by atoms with Crippen LogP contribution in [0.5, 0.6) is 0 Å². The van der Waals surface area contributed by atoms with Gasteiger partial charge in [0, 0.05) is 11.6 Å². The van der Waals surface area contributed by atoms with Crippen molar-refractivity contribution in [2.75, 3.05) is 6.61 Å². The highest BCUT2D eigenvalue weighted by Gasteiger charge is 2.18. The minimum Gasteiger partial charge on any atom is -0.394 e. The molecule has 0 aromatic heterocycles. The third kappa shape index (κ3) is 2.56. The highest BCUT2D eigenvalue weighted by molar-refractivity contribution is 5.98. The van der Waals surface area contributed by atoms with Gasteiger partial charge in [0.25, 0.3) is 5.91 Å². The van der Waals surface area contributed by atoms with E-state index < -0.39 is 0 Å². The van der Waals surface area contributed by atoms with Crippen LogP contribution >= 0.6 is 0 Å². The van der Waals surface area contributed by atoms with E-state index in [-0.39, 0.29) is 18.6 Å². The van der Waals surface area contributed by atoms with Gasteiger partial charge >= 0.3 is 0 Å². The maximum atomic E-state index is 12.2. The van der Waals surface area contributed by atoms with E-state index in [1.54, 1.807) is 6.92 Å². The van der Waals surface area contributed by atoms with Crippen LogP contribution in [-0.4, -0.2) is 23.7 Å². The van der Waals surface area contributed by atoms with Crippen LogP contribution in [-0.2, 0) is 0 Å². The third-order valence-electron chi connectivity index (χ3n) is 3.88. The second-order valence-electron chi connectivity index (χ2n) is 5.06. The number of rotatable bonds is 3. The fraction of sp³-hybridized carbons (Fsp3) is 0.533. The van der Waals surface area contributed by atoms with E-state index in [1.165, 1.54) is 16.7 Å². The number of carbonyl (C=O) groups is 1. The van der Waals surface area contributed by atoms with Crippen molar-refractivity contribution >= 4 is 5.91 Å². The van der Waals surface area contributed by atoms with Crippen molar-refractivity contribution in [1.29, 1.82) is 0 Å². The Morgan fingerprint density at radius 3 is 1.78 bits per heavy atom. The lowest BCUT2D eigenvalue weighted by Gasteiger charge is -2.19. The zero-order valence-electron chi connectivity index (χ0n) is 12.1. The van der Waals surface area contributed by atoms with Crippen LogP contribution in [0.15, 0.2) is 0 Å². The topological polar surface area (TPSA) is 49.3 Å². The largest absolute Gasteiger partial charge is 0.394 e. The maximum Gasteiger partial charge on any atom is 0.252 e. The highest BCUT2D eigenvalue weighted by atomic mass is 16.3. The number of aliphatic hydroxyl groups excluding tert-OH is 1. The first-order valence-electron chi connectivity index (χ1n) is 6.29. The van der Waals surface area contributed by atoms with Crippen molar-refractivity contribution in [2.45, 2.75) is 47.6 Å². The van der Waals surface area contributed by atoms with Crippen molar-refractivity contribution in [3.63, 3.8) is 0 Å². The molecule has 0 saturated carbocycles. The number of nitrogens with one attached hydrogen (secondary N) is 1. The highest BCUT2D eigenvalue weighted by Crippen LogP contribution is 2.25. The quantitative estimate of drug-likeness (QED) is 0.864. The van der Waals surface area contributed by atoms with E-state index in [0.29, 0.717) is 0 Å². The summed E-state index contributed by atoms with van der Waals surface area (Å²) in [6, 6.07) is -0.224. The molecule has 0 radical (unpaired) electrons. The summed E-state index contributed by atoms with van der Waals surface area (Å²) < 4.78 is 0. The van der Waals surface area contributed by atoms with Gasteiger partial charge in [0.15, 0.2) is 0 Å². The number of aliphatic hydroxyl groups is 1. The standard InChI is InChI=1S/C15H23NO2/c1-8(7-17)16-15(18)14-12(5)10(3)9(2)11(4)13(14)6/h8,17H,7H2,1-6H3,(H,16,18)/t8-/m1/s1. The first-order valence-corrected chi connectivity index (χ1v) is 6.29. The van der Waals surface area contributed by atoms with Gasteiger partial charge < -0.3 is 10.4 Å². The van der Waals surface area contributed by atoms with Crippen LogP contribution in [0.25, 0.3) is 0 Å². The number of hydrogen-bond acceptors (Lipinski definition) is 2. The molecule has 0 aliphatic rings. The average molecular weight is 249 g/mol. The van der Waals surface area contributed by atoms with Crippen LogP contribution in [0.3, 0.4) is 0 Å².